The first-order valence-corrected chi connectivity index (χ1v) is 9.71. The highest BCUT2D eigenvalue weighted by Crippen LogP contribution is 2.50. The number of allylic oxidation sites excluding steroid dienone is 1. The number of nitrogens with zero attached hydrogens (tertiary/aromatic N) is 1. The van der Waals surface area contributed by atoms with E-state index in [0.29, 0.717) is 18.4 Å². The molecule has 0 aromatic heterocycles. The van der Waals surface area contributed by atoms with Crippen LogP contribution in [-0.4, -0.2) is 10.8 Å². The van der Waals surface area contributed by atoms with E-state index >= 15 is 0 Å². The molecule has 0 saturated carbocycles. The van der Waals surface area contributed by atoms with Gasteiger partial charge in [0.2, 0.25) is 5.91 Å². The molecule has 1 saturated heterocycles. The summed E-state index contributed by atoms with van der Waals surface area (Å²) in [6, 6.07) is 18.7. The summed E-state index contributed by atoms with van der Waals surface area (Å²) in [5.74, 6) is 1.03. The van der Waals surface area contributed by atoms with E-state index in [1.165, 1.54) is 11.1 Å². The Kier molecular flexibility index (Phi) is 4.51. The highest BCUT2D eigenvalue weighted by Gasteiger charge is 2.50. The fourth-order valence-corrected chi connectivity index (χ4v) is 4.91. The molecule has 1 aliphatic heterocycles. The van der Waals surface area contributed by atoms with Gasteiger partial charge in [-0.3, -0.25) is 4.79 Å². The summed E-state index contributed by atoms with van der Waals surface area (Å²) in [4.78, 5) is 15.4. The van der Waals surface area contributed by atoms with Gasteiger partial charge in [-0.2, -0.15) is 0 Å². The number of fused-ring (bicyclic) bond motifs is 1. The molecule has 0 bridgehead atoms. The van der Waals surface area contributed by atoms with Crippen LogP contribution in [0, 0.1) is 17.8 Å². The minimum Gasteiger partial charge on any atom is -0.330 e. The van der Waals surface area contributed by atoms with Crippen LogP contribution in [-0.2, 0) is 11.3 Å². The van der Waals surface area contributed by atoms with E-state index in [-0.39, 0.29) is 17.9 Å². The first-order chi connectivity index (χ1) is 12.2. The Morgan fingerprint density at radius 3 is 2.56 bits per heavy atom. The number of carbonyl (C=O) groups excluding carboxylic acids is 1. The lowest BCUT2D eigenvalue weighted by Gasteiger charge is -2.30. The molecule has 0 radical (unpaired) electrons. The number of rotatable bonds is 3. The van der Waals surface area contributed by atoms with E-state index in [2.05, 4.69) is 70.2 Å². The molecule has 2 nitrogen and oxygen atoms in total. The first kappa shape index (κ1) is 16.6. The van der Waals surface area contributed by atoms with Crippen molar-refractivity contribution in [3.8, 4) is 0 Å². The van der Waals surface area contributed by atoms with Gasteiger partial charge in [-0.05, 0) is 29.5 Å². The van der Waals surface area contributed by atoms with Crippen LogP contribution in [0.2, 0.25) is 0 Å². The lowest BCUT2D eigenvalue weighted by atomic mass is 9.75. The third kappa shape index (κ3) is 2.95. The molecule has 2 aromatic rings. The molecule has 0 spiro atoms. The van der Waals surface area contributed by atoms with Crippen molar-refractivity contribution in [2.75, 3.05) is 0 Å². The maximum absolute atomic E-state index is 13.3. The van der Waals surface area contributed by atoms with Crippen molar-refractivity contribution >= 4 is 21.8 Å². The maximum atomic E-state index is 13.3. The fourth-order valence-electron chi connectivity index (χ4n) is 4.39. The summed E-state index contributed by atoms with van der Waals surface area (Å²) in [5, 5.41) is 0. The van der Waals surface area contributed by atoms with Gasteiger partial charge in [0.1, 0.15) is 0 Å². The van der Waals surface area contributed by atoms with Crippen LogP contribution in [0.3, 0.4) is 0 Å². The van der Waals surface area contributed by atoms with Crippen molar-refractivity contribution in [2.45, 2.75) is 25.9 Å². The number of amides is 1. The van der Waals surface area contributed by atoms with Crippen LogP contribution in [0.1, 0.15) is 30.5 Å². The maximum Gasteiger partial charge on any atom is 0.227 e. The Bertz CT molecular complexity index is 801. The normalized spacial score (nSPS) is 28.2. The zero-order chi connectivity index (χ0) is 17.4. The average Bonchev–Trinajstić information content (AvgIpc) is 2.90. The van der Waals surface area contributed by atoms with E-state index in [9.17, 15) is 4.79 Å². The van der Waals surface area contributed by atoms with Gasteiger partial charge in [-0.1, -0.05) is 83.5 Å². The third-order valence-electron chi connectivity index (χ3n) is 5.58. The van der Waals surface area contributed by atoms with E-state index in [1.807, 2.05) is 24.3 Å². The Morgan fingerprint density at radius 1 is 1.08 bits per heavy atom. The minimum absolute atomic E-state index is 0.0887. The predicted octanol–water partition coefficient (Wildman–Crippen LogP) is 5.36. The second-order valence-corrected chi connectivity index (χ2v) is 8.02. The highest BCUT2D eigenvalue weighted by molar-refractivity contribution is 9.10. The number of benzene rings is 2. The monoisotopic (exact) mass is 395 g/mol. The van der Waals surface area contributed by atoms with Crippen molar-refractivity contribution < 1.29 is 4.79 Å². The van der Waals surface area contributed by atoms with Gasteiger partial charge in [0, 0.05) is 22.9 Å². The van der Waals surface area contributed by atoms with Gasteiger partial charge in [-0.15, -0.1) is 0 Å². The van der Waals surface area contributed by atoms with E-state index in [0.717, 1.165) is 10.9 Å². The van der Waals surface area contributed by atoms with Crippen molar-refractivity contribution in [2.24, 2.45) is 17.8 Å². The molecule has 2 aliphatic rings. The standard InChI is InChI=1S/C22H22BrNO/c1-15-8-7-12-18-20(15)22(25)24(14-16-9-3-2-4-10-16)21(18)17-11-5-6-13-19(17)23/h2-7,9-13,15,18,20-21H,8,14H2,1H3/t15-,18+,20+,21-/m0/s1. The molecular formula is C22H22BrNO. The van der Waals surface area contributed by atoms with Crippen LogP contribution >= 0.6 is 15.9 Å². The average molecular weight is 396 g/mol. The Morgan fingerprint density at radius 2 is 1.80 bits per heavy atom. The van der Waals surface area contributed by atoms with E-state index < -0.39 is 0 Å². The quantitative estimate of drug-likeness (QED) is 0.640. The number of carbonyl (C=O) groups is 1. The van der Waals surface area contributed by atoms with Crippen LogP contribution in [0.5, 0.6) is 0 Å². The van der Waals surface area contributed by atoms with Crippen LogP contribution in [0.15, 0.2) is 71.2 Å². The molecule has 128 valence electrons. The van der Waals surface area contributed by atoms with Crippen molar-refractivity contribution in [1.29, 1.82) is 0 Å². The molecule has 2 aromatic carbocycles. The number of halogens is 1. The molecule has 1 aliphatic carbocycles. The van der Waals surface area contributed by atoms with Gasteiger partial charge >= 0.3 is 0 Å². The zero-order valence-electron chi connectivity index (χ0n) is 14.3. The Labute approximate surface area is 157 Å². The van der Waals surface area contributed by atoms with Crippen LogP contribution in [0.25, 0.3) is 0 Å². The lowest BCUT2D eigenvalue weighted by Crippen LogP contribution is -2.30. The summed E-state index contributed by atoms with van der Waals surface area (Å²) >= 11 is 3.71. The van der Waals surface area contributed by atoms with E-state index in [1.54, 1.807) is 0 Å². The second-order valence-electron chi connectivity index (χ2n) is 7.16. The molecule has 4 atom stereocenters. The van der Waals surface area contributed by atoms with Crippen molar-refractivity contribution in [1.82, 2.24) is 4.90 Å². The first-order valence-electron chi connectivity index (χ1n) is 8.92. The van der Waals surface area contributed by atoms with Gasteiger partial charge < -0.3 is 4.90 Å². The van der Waals surface area contributed by atoms with Crippen LogP contribution < -0.4 is 0 Å². The zero-order valence-corrected chi connectivity index (χ0v) is 15.9. The second kappa shape index (κ2) is 6.80. The summed E-state index contributed by atoms with van der Waals surface area (Å²) in [6.07, 6.45) is 5.53. The fraction of sp³-hybridized carbons (Fsp3) is 0.318. The Hall–Kier alpha value is -1.87. The molecule has 1 amide bonds. The smallest absolute Gasteiger partial charge is 0.227 e. The molecule has 1 fully saturated rings. The van der Waals surface area contributed by atoms with Gasteiger partial charge in [0.25, 0.3) is 0 Å². The number of hydrogen-bond donors (Lipinski definition) is 0. The number of likely N-dealkylation sites (tertiary alicyclic amines) is 1. The SMILES string of the molecule is C[C@H]1CC=C[C@@H]2[C@@H]1C(=O)N(Cc1ccccc1)[C@H]2c1ccccc1Br. The largest absolute Gasteiger partial charge is 0.330 e. The summed E-state index contributed by atoms with van der Waals surface area (Å²) in [5.41, 5.74) is 2.39. The highest BCUT2D eigenvalue weighted by atomic mass is 79.9. The minimum atomic E-state index is 0.0887. The molecule has 25 heavy (non-hydrogen) atoms. The lowest BCUT2D eigenvalue weighted by molar-refractivity contribution is -0.134. The molecule has 0 unspecified atom stereocenters. The summed E-state index contributed by atoms with van der Waals surface area (Å²) < 4.78 is 1.08. The summed E-state index contributed by atoms with van der Waals surface area (Å²) in [6.45, 7) is 2.88. The van der Waals surface area contributed by atoms with Crippen LogP contribution in [0.4, 0.5) is 0 Å². The number of hydrogen-bond acceptors (Lipinski definition) is 1. The van der Waals surface area contributed by atoms with E-state index in [4.69, 9.17) is 0 Å². The van der Waals surface area contributed by atoms with Gasteiger partial charge in [0.15, 0.2) is 0 Å². The third-order valence-corrected chi connectivity index (χ3v) is 6.30. The van der Waals surface area contributed by atoms with Crippen molar-refractivity contribution in [3.63, 3.8) is 0 Å². The van der Waals surface area contributed by atoms with Crippen molar-refractivity contribution in [3.05, 3.63) is 82.3 Å². The predicted molar refractivity (Wildman–Crippen MR) is 104 cm³/mol. The summed E-state index contributed by atoms with van der Waals surface area (Å²) in [7, 11) is 0. The molecule has 1 heterocycles. The molecule has 3 heteroatoms. The molecular weight excluding hydrogens is 374 g/mol. The topological polar surface area (TPSA) is 20.3 Å². The molecule has 4 rings (SSSR count). The van der Waals surface area contributed by atoms with Gasteiger partial charge in [-0.25, -0.2) is 0 Å². The Balaban J connectivity index is 1.78. The molecule has 0 N–H and O–H groups in total. The van der Waals surface area contributed by atoms with Gasteiger partial charge in [0.05, 0.1) is 6.04 Å².